The lowest BCUT2D eigenvalue weighted by atomic mass is 10.3. The fourth-order valence-electron chi connectivity index (χ4n) is 1.76. The molecule has 1 fully saturated rings. The van der Waals surface area contributed by atoms with E-state index in [1.807, 2.05) is 6.26 Å². The van der Waals surface area contributed by atoms with Gasteiger partial charge in [-0.2, -0.15) is 29.9 Å². The van der Waals surface area contributed by atoms with Gasteiger partial charge in [-0.25, -0.2) is 4.98 Å². The highest BCUT2D eigenvalue weighted by molar-refractivity contribution is 8.00. The summed E-state index contributed by atoms with van der Waals surface area (Å²) in [5.41, 5.74) is -0.931. The fourth-order valence-corrected chi connectivity index (χ4v) is 2.49. The van der Waals surface area contributed by atoms with Crippen molar-refractivity contribution in [2.45, 2.75) is 30.7 Å². The summed E-state index contributed by atoms with van der Waals surface area (Å²) in [5, 5.41) is 5.72. The smallest absolute Gasteiger partial charge is 0.368 e. The molecule has 0 spiro atoms. The fraction of sp³-hybridized carbons (Fsp3) is 0.667. The minimum atomic E-state index is -4.47. The number of aromatic nitrogens is 2. The molecule has 1 saturated carbocycles. The third-order valence-corrected chi connectivity index (χ3v) is 4.60. The highest BCUT2D eigenvalue weighted by Crippen LogP contribution is 2.47. The van der Waals surface area contributed by atoms with Crippen LogP contribution in [0.1, 0.15) is 25.5 Å². The normalized spacial score (nSPS) is 16.9. The highest BCUT2D eigenvalue weighted by Gasteiger charge is 2.41. The van der Waals surface area contributed by atoms with E-state index in [1.54, 1.807) is 18.7 Å². The minimum absolute atomic E-state index is 0.00109. The molecule has 1 aliphatic rings. The van der Waals surface area contributed by atoms with E-state index in [9.17, 15) is 13.2 Å². The zero-order chi connectivity index (χ0) is 14.8. The lowest BCUT2D eigenvalue weighted by molar-refractivity contribution is -0.141. The Morgan fingerprint density at radius 1 is 1.30 bits per heavy atom. The van der Waals surface area contributed by atoms with E-state index >= 15 is 0 Å². The summed E-state index contributed by atoms with van der Waals surface area (Å²) in [6.45, 7) is 2.87. The number of hydrogen-bond donors (Lipinski definition) is 2. The lowest BCUT2D eigenvalue weighted by Gasteiger charge is -2.15. The quantitative estimate of drug-likeness (QED) is 0.845. The number of thioether (sulfide) groups is 1. The van der Waals surface area contributed by atoms with E-state index < -0.39 is 11.9 Å². The average Bonchev–Trinajstić information content (AvgIpc) is 3.16. The van der Waals surface area contributed by atoms with Crippen LogP contribution < -0.4 is 10.6 Å². The molecule has 0 aromatic carbocycles. The number of halogens is 3. The maximum atomic E-state index is 12.8. The van der Waals surface area contributed by atoms with Crippen LogP contribution in [0.2, 0.25) is 0 Å². The highest BCUT2D eigenvalue weighted by atomic mass is 32.2. The molecule has 0 saturated heterocycles. The number of alkyl halides is 3. The Morgan fingerprint density at radius 2 is 2.00 bits per heavy atom. The molecule has 0 aliphatic heterocycles. The van der Waals surface area contributed by atoms with Crippen LogP contribution in [0.4, 0.5) is 24.9 Å². The Morgan fingerprint density at radius 3 is 2.50 bits per heavy atom. The van der Waals surface area contributed by atoms with Gasteiger partial charge in [0, 0.05) is 23.9 Å². The molecule has 1 aliphatic carbocycles. The average molecular weight is 306 g/mol. The monoisotopic (exact) mass is 306 g/mol. The first-order chi connectivity index (χ1) is 9.38. The zero-order valence-corrected chi connectivity index (χ0v) is 12.2. The molecule has 1 aromatic heterocycles. The van der Waals surface area contributed by atoms with Crippen molar-refractivity contribution in [3.63, 3.8) is 0 Å². The number of rotatable bonds is 6. The summed E-state index contributed by atoms with van der Waals surface area (Å²) in [4.78, 5) is 7.54. The number of nitrogens with one attached hydrogen (secondary N) is 2. The topological polar surface area (TPSA) is 49.8 Å². The van der Waals surface area contributed by atoms with E-state index in [1.165, 1.54) is 0 Å². The van der Waals surface area contributed by atoms with Gasteiger partial charge < -0.3 is 10.6 Å². The molecule has 0 radical (unpaired) electrons. The second kappa shape index (κ2) is 5.67. The Balaban J connectivity index is 2.16. The number of hydrogen-bond acceptors (Lipinski definition) is 5. The van der Waals surface area contributed by atoms with E-state index in [2.05, 4.69) is 20.6 Å². The Kier molecular flexibility index (Phi) is 4.31. The van der Waals surface area contributed by atoms with Crippen LogP contribution >= 0.6 is 11.8 Å². The maximum absolute atomic E-state index is 12.8. The Bertz CT molecular complexity index is 474. The first-order valence-electron chi connectivity index (χ1n) is 6.38. The zero-order valence-electron chi connectivity index (χ0n) is 11.3. The largest absolute Gasteiger partial charge is 0.433 e. The van der Waals surface area contributed by atoms with Crippen molar-refractivity contribution in [3.8, 4) is 0 Å². The summed E-state index contributed by atoms with van der Waals surface area (Å²) in [6.07, 6.45) is -0.295. The molecule has 8 heteroatoms. The maximum Gasteiger partial charge on any atom is 0.433 e. The van der Waals surface area contributed by atoms with Gasteiger partial charge in [0.25, 0.3) is 0 Å². The summed E-state index contributed by atoms with van der Waals surface area (Å²) >= 11 is 1.74. The van der Waals surface area contributed by atoms with Crippen LogP contribution in [0.25, 0.3) is 0 Å². The Hall–Kier alpha value is -1.18. The second-order valence-electron chi connectivity index (χ2n) is 4.73. The second-order valence-corrected chi connectivity index (χ2v) is 6.01. The molecule has 0 bridgehead atoms. The molecule has 4 nitrogen and oxygen atoms in total. The minimum Gasteiger partial charge on any atom is -0.368 e. The first kappa shape index (κ1) is 15.2. The van der Waals surface area contributed by atoms with Crippen LogP contribution in [0.5, 0.6) is 0 Å². The predicted molar refractivity (Wildman–Crippen MR) is 75.2 cm³/mol. The summed E-state index contributed by atoms with van der Waals surface area (Å²) in [5.74, 6) is 0.211. The van der Waals surface area contributed by atoms with Crippen LogP contribution in [0.15, 0.2) is 6.07 Å². The van der Waals surface area contributed by atoms with Gasteiger partial charge in [-0.15, -0.1) is 0 Å². The molecule has 2 rings (SSSR count). The molecule has 112 valence electrons. The SMILES string of the molecule is CCNc1nc(NCC2(SC)CC2)cc(C(F)(F)F)n1. The summed E-state index contributed by atoms with van der Waals surface area (Å²) < 4.78 is 38.5. The van der Waals surface area contributed by atoms with Crippen molar-refractivity contribution in [3.05, 3.63) is 11.8 Å². The first-order valence-corrected chi connectivity index (χ1v) is 7.60. The molecular weight excluding hydrogens is 289 g/mol. The van der Waals surface area contributed by atoms with Gasteiger partial charge in [0.15, 0.2) is 5.69 Å². The molecule has 0 unspecified atom stereocenters. The Labute approximate surface area is 120 Å². The van der Waals surface area contributed by atoms with Gasteiger partial charge in [0.1, 0.15) is 5.82 Å². The van der Waals surface area contributed by atoms with Crippen LogP contribution in [0.3, 0.4) is 0 Å². The van der Waals surface area contributed by atoms with E-state index in [0.717, 1.165) is 18.9 Å². The molecule has 0 atom stereocenters. The van der Waals surface area contributed by atoms with E-state index in [0.29, 0.717) is 13.1 Å². The van der Waals surface area contributed by atoms with Gasteiger partial charge in [-0.1, -0.05) is 0 Å². The summed E-state index contributed by atoms with van der Waals surface area (Å²) in [6, 6.07) is 0.956. The molecule has 1 aromatic rings. The van der Waals surface area contributed by atoms with Crippen molar-refractivity contribution in [1.29, 1.82) is 0 Å². The molecular formula is C12H17F3N4S. The van der Waals surface area contributed by atoms with Crippen LogP contribution in [-0.2, 0) is 6.18 Å². The van der Waals surface area contributed by atoms with Crippen LogP contribution in [-0.4, -0.2) is 34.1 Å². The van der Waals surface area contributed by atoms with Gasteiger partial charge in [-0.3, -0.25) is 0 Å². The van der Waals surface area contributed by atoms with E-state index in [-0.39, 0.29) is 16.5 Å². The lowest BCUT2D eigenvalue weighted by Crippen LogP contribution is -2.20. The van der Waals surface area contributed by atoms with Gasteiger partial charge in [0.2, 0.25) is 5.95 Å². The molecule has 20 heavy (non-hydrogen) atoms. The molecule has 2 N–H and O–H groups in total. The van der Waals surface area contributed by atoms with Crippen molar-refractivity contribution < 1.29 is 13.2 Å². The van der Waals surface area contributed by atoms with Crippen molar-refractivity contribution in [1.82, 2.24) is 9.97 Å². The van der Waals surface area contributed by atoms with Crippen molar-refractivity contribution >= 4 is 23.5 Å². The van der Waals surface area contributed by atoms with Gasteiger partial charge >= 0.3 is 6.18 Å². The van der Waals surface area contributed by atoms with Crippen molar-refractivity contribution in [2.24, 2.45) is 0 Å². The standard InChI is InChI=1S/C12H17F3N4S/c1-3-16-10-18-8(12(13,14)15)6-9(19-10)17-7-11(20-2)4-5-11/h6H,3-5,7H2,1-2H3,(H2,16,17,18,19). The predicted octanol–water partition coefficient (Wildman–Crippen LogP) is 3.23. The van der Waals surface area contributed by atoms with Gasteiger partial charge in [0.05, 0.1) is 0 Å². The third-order valence-electron chi connectivity index (χ3n) is 3.18. The number of nitrogens with zero attached hydrogens (tertiary/aromatic N) is 2. The third kappa shape index (κ3) is 3.68. The van der Waals surface area contributed by atoms with Crippen LogP contribution in [0, 0.1) is 0 Å². The summed E-state index contributed by atoms with van der Waals surface area (Å²) in [7, 11) is 0. The van der Waals surface area contributed by atoms with Crippen molar-refractivity contribution in [2.75, 3.05) is 30.0 Å². The van der Waals surface area contributed by atoms with E-state index in [4.69, 9.17) is 0 Å². The van der Waals surface area contributed by atoms with Gasteiger partial charge in [-0.05, 0) is 26.0 Å². The number of anilines is 2. The molecule has 0 amide bonds. The molecule has 1 heterocycles.